The second-order valence-electron chi connectivity index (χ2n) is 5.09. The van der Waals surface area contributed by atoms with Gasteiger partial charge in [-0.3, -0.25) is 9.78 Å². The van der Waals surface area contributed by atoms with Gasteiger partial charge < -0.3 is 0 Å². The van der Waals surface area contributed by atoms with E-state index in [0.717, 1.165) is 5.56 Å². The van der Waals surface area contributed by atoms with Crippen LogP contribution in [0.15, 0.2) is 41.8 Å². The number of pyridine rings is 1. The predicted octanol–water partition coefficient (Wildman–Crippen LogP) is 1.51. The first-order valence-corrected chi connectivity index (χ1v) is 7.84. The molecule has 7 heteroatoms. The molecule has 1 aliphatic heterocycles. The lowest BCUT2D eigenvalue weighted by Gasteiger charge is -2.06. The van der Waals surface area contributed by atoms with Crippen molar-refractivity contribution in [3.63, 3.8) is 0 Å². The van der Waals surface area contributed by atoms with Crippen molar-refractivity contribution in [2.75, 3.05) is 0 Å². The third kappa shape index (κ3) is 3.56. The van der Waals surface area contributed by atoms with Crippen LogP contribution in [0.4, 0.5) is 0 Å². The lowest BCUT2D eigenvalue weighted by atomic mass is 10.1. The molecule has 22 heavy (non-hydrogen) atoms. The van der Waals surface area contributed by atoms with Crippen LogP contribution in [-0.4, -0.2) is 23.1 Å². The van der Waals surface area contributed by atoms with Crippen LogP contribution in [0.1, 0.15) is 27.8 Å². The van der Waals surface area contributed by atoms with Gasteiger partial charge in [0.1, 0.15) is 6.04 Å². The largest absolute Gasteiger partial charge is 0.271 e. The Morgan fingerprint density at radius 2 is 2.18 bits per heavy atom. The second-order valence-corrected chi connectivity index (χ2v) is 6.41. The molecule has 6 nitrogen and oxygen atoms in total. The molecule has 3 rings (SSSR count). The monoisotopic (exact) mass is 315 g/mol. The van der Waals surface area contributed by atoms with Crippen LogP contribution >= 0.6 is 11.3 Å². The van der Waals surface area contributed by atoms with E-state index in [0.29, 0.717) is 6.42 Å². The SMILES string of the molecule is Cc1ccc(C2CC(C(=O)N/N=C/c3ccncc3)NN2)s1. The average Bonchev–Trinajstić information content (AvgIpc) is 3.17. The number of nitrogens with one attached hydrogen (secondary N) is 3. The van der Waals surface area contributed by atoms with E-state index in [4.69, 9.17) is 0 Å². The Balaban J connectivity index is 1.52. The third-order valence-corrected chi connectivity index (χ3v) is 4.53. The summed E-state index contributed by atoms with van der Waals surface area (Å²) in [4.78, 5) is 18.5. The normalized spacial score (nSPS) is 21.3. The molecule has 3 N–H and O–H groups in total. The van der Waals surface area contributed by atoms with Crippen molar-refractivity contribution in [1.29, 1.82) is 0 Å². The van der Waals surface area contributed by atoms with Crippen LogP contribution in [0.25, 0.3) is 0 Å². The quantitative estimate of drug-likeness (QED) is 0.590. The number of thiophene rings is 1. The maximum atomic E-state index is 12.1. The molecule has 0 spiro atoms. The first-order chi connectivity index (χ1) is 10.7. The molecule has 0 aromatic carbocycles. The zero-order valence-corrected chi connectivity index (χ0v) is 12.9. The molecule has 1 amide bonds. The zero-order valence-electron chi connectivity index (χ0n) is 12.1. The number of hydrazine groups is 1. The molecule has 114 valence electrons. The Bertz CT molecular complexity index is 670. The van der Waals surface area contributed by atoms with Crippen molar-refractivity contribution in [2.45, 2.75) is 25.4 Å². The summed E-state index contributed by atoms with van der Waals surface area (Å²) in [7, 11) is 0. The zero-order chi connectivity index (χ0) is 15.4. The fraction of sp³-hybridized carbons (Fsp3) is 0.267. The molecular weight excluding hydrogens is 298 g/mol. The van der Waals surface area contributed by atoms with Gasteiger partial charge in [-0.25, -0.2) is 16.3 Å². The molecule has 3 heterocycles. The summed E-state index contributed by atoms with van der Waals surface area (Å²) in [6.45, 7) is 2.08. The first kappa shape index (κ1) is 14.8. The van der Waals surface area contributed by atoms with Crippen LogP contribution in [0.3, 0.4) is 0 Å². The predicted molar refractivity (Wildman–Crippen MR) is 86.4 cm³/mol. The summed E-state index contributed by atoms with van der Waals surface area (Å²) >= 11 is 1.74. The van der Waals surface area contributed by atoms with Crippen molar-refractivity contribution in [2.24, 2.45) is 5.10 Å². The number of aromatic nitrogens is 1. The van der Waals surface area contributed by atoms with E-state index >= 15 is 0 Å². The van der Waals surface area contributed by atoms with Crippen molar-refractivity contribution < 1.29 is 4.79 Å². The molecular formula is C15H17N5OS. The Morgan fingerprint density at radius 3 is 2.91 bits per heavy atom. The molecule has 1 aliphatic rings. The Labute approximate surface area is 132 Å². The highest BCUT2D eigenvalue weighted by Gasteiger charge is 2.30. The number of hydrazone groups is 1. The number of aryl methyl sites for hydroxylation is 1. The maximum Gasteiger partial charge on any atom is 0.258 e. The van der Waals surface area contributed by atoms with E-state index < -0.39 is 0 Å². The van der Waals surface area contributed by atoms with Gasteiger partial charge in [-0.2, -0.15) is 5.10 Å². The summed E-state index contributed by atoms with van der Waals surface area (Å²) in [5, 5.41) is 3.97. The number of hydrogen-bond acceptors (Lipinski definition) is 6. The molecule has 0 aliphatic carbocycles. The number of rotatable bonds is 4. The van der Waals surface area contributed by atoms with Gasteiger partial charge >= 0.3 is 0 Å². The van der Waals surface area contributed by atoms with Crippen LogP contribution in [0, 0.1) is 6.92 Å². The Kier molecular flexibility index (Phi) is 4.57. The molecule has 1 saturated heterocycles. The van der Waals surface area contributed by atoms with Gasteiger partial charge in [-0.15, -0.1) is 11.3 Å². The first-order valence-electron chi connectivity index (χ1n) is 7.03. The number of hydrogen-bond donors (Lipinski definition) is 3. The third-order valence-electron chi connectivity index (χ3n) is 3.42. The fourth-order valence-electron chi connectivity index (χ4n) is 2.25. The molecule has 2 aromatic rings. The second kappa shape index (κ2) is 6.78. The fourth-order valence-corrected chi connectivity index (χ4v) is 3.19. The average molecular weight is 315 g/mol. The summed E-state index contributed by atoms with van der Waals surface area (Å²) < 4.78 is 0. The topological polar surface area (TPSA) is 78.4 Å². The number of carbonyl (C=O) groups excluding carboxylic acids is 1. The molecule has 0 radical (unpaired) electrons. The smallest absolute Gasteiger partial charge is 0.258 e. The lowest BCUT2D eigenvalue weighted by Crippen LogP contribution is -2.41. The van der Waals surface area contributed by atoms with E-state index in [2.05, 4.69) is 45.4 Å². The Morgan fingerprint density at radius 1 is 1.36 bits per heavy atom. The number of carbonyl (C=O) groups is 1. The van der Waals surface area contributed by atoms with Crippen molar-refractivity contribution in [1.82, 2.24) is 21.3 Å². The lowest BCUT2D eigenvalue weighted by molar-refractivity contribution is -0.122. The molecule has 2 unspecified atom stereocenters. The highest BCUT2D eigenvalue weighted by atomic mass is 32.1. The highest BCUT2D eigenvalue weighted by Crippen LogP contribution is 2.28. The van der Waals surface area contributed by atoms with Crippen molar-refractivity contribution in [3.05, 3.63) is 52.0 Å². The summed E-state index contributed by atoms with van der Waals surface area (Å²) in [6, 6.07) is 7.70. The standard InChI is InChI=1S/C15H17N5OS/c1-10-2-3-14(22-10)12-8-13(19-18-12)15(21)20-17-9-11-4-6-16-7-5-11/h2-7,9,12-13,18-19H,8H2,1H3,(H,20,21)/b17-9+. The van der Waals surface area contributed by atoms with Crippen LogP contribution < -0.4 is 16.3 Å². The molecule has 0 saturated carbocycles. The van der Waals surface area contributed by atoms with Crippen LogP contribution in [0.5, 0.6) is 0 Å². The van der Waals surface area contributed by atoms with E-state index in [-0.39, 0.29) is 18.0 Å². The van der Waals surface area contributed by atoms with Crippen LogP contribution in [-0.2, 0) is 4.79 Å². The van der Waals surface area contributed by atoms with E-state index in [9.17, 15) is 4.79 Å². The van der Waals surface area contributed by atoms with Gasteiger partial charge in [0.05, 0.1) is 12.3 Å². The van der Waals surface area contributed by atoms with E-state index in [1.165, 1.54) is 9.75 Å². The molecule has 2 aromatic heterocycles. The van der Waals surface area contributed by atoms with Gasteiger partial charge in [-0.1, -0.05) is 0 Å². The molecule has 1 fully saturated rings. The maximum absolute atomic E-state index is 12.1. The minimum Gasteiger partial charge on any atom is -0.271 e. The van der Waals surface area contributed by atoms with Gasteiger partial charge in [-0.05, 0) is 43.2 Å². The minimum absolute atomic E-state index is 0.145. The van der Waals surface area contributed by atoms with Crippen LogP contribution in [0.2, 0.25) is 0 Å². The number of amides is 1. The summed E-state index contributed by atoms with van der Waals surface area (Å²) in [5.74, 6) is -0.145. The summed E-state index contributed by atoms with van der Waals surface area (Å²) in [6.07, 6.45) is 5.66. The van der Waals surface area contributed by atoms with E-state index in [1.54, 1.807) is 29.9 Å². The Hall–Kier alpha value is -2.09. The number of nitrogens with zero attached hydrogens (tertiary/aromatic N) is 2. The summed E-state index contributed by atoms with van der Waals surface area (Å²) in [5.41, 5.74) is 9.64. The van der Waals surface area contributed by atoms with Crippen molar-refractivity contribution >= 4 is 23.5 Å². The molecule has 2 atom stereocenters. The van der Waals surface area contributed by atoms with E-state index in [1.807, 2.05) is 12.1 Å². The van der Waals surface area contributed by atoms with Crippen molar-refractivity contribution in [3.8, 4) is 0 Å². The highest BCUT2D eigenvalue weighted by molar-refractivity contribution is 7.12. The minimum atomic E-state index is -0.290. The van der Waals surface area contributed by atoms with Gasteiger partial charge in [0, 0.05) is 22.1 Å². The van der Waals surface area contributed by atoms with Gasteiger partial charge in [0.2, 0.25) is 0 Å². The molecule has 0 bridgehead atoms. The van der Waals surface area contributed by atoms with Gasteiger partial charge in [0.15, 0.2) is 0 Å². The van der Waals surface area contributed by atoms with Gasteiger partial charge in [0.25, 0.3) is 5.91 Å².